The Morgan fingerprint density at radius 2 is 1.62 bits per heavy atom. The third-order valence-corrected chi connectivity index (χ3v) is 10.7. The maximum Gasteiger partial charge on any atom is 0.191 e. The first-order valence-electron chi connectivity index (χ1n) is 10.3. The summed E-state index contributed by atoms with van der Waals surface area (Å²) in [5.41, 5.74) is 0. The minimum absolute atomic E-state index is 0.0867. The van der Waals surface area contributed by atoms with Crippen molar-refractivity contribution in [1.82, 2.24) is 0 Å². The van der Waals surface area contributed by atoms with Gasteiger partial charge in [0.05, 0.1) is 12.2 Å². The van der Waals surface area contributed by atoms with Gasteiger partial charge in [0.1, 0.15) is 0 Å². The molecular weight excluding hydrogens is 340 g/mol. The molecule has 1 heterocycles. The predicted octanol–water partition coefficient (Wildman–Crippen LogP) is 6.40. The summed E-state index contributed by atoms with van der Waals surface area (Å²) in [6.45, 7) is 25.3. The highest BCUT2D eigenvalue weighted by Gasteiger charge is 2.43. The van der Waals surface area contributed by atoms with E-state index in [-0.39, 0.29) is 17.2 Å². The minimum Gasteiger partial charge on any atom is -0.417 e. The SMILES string of the molecule is CC(/C=C\[C@H](C)C(C)C)[C@H]1OC(C)(C)O[C@H]1CCO[Si](C)(C)C(C)(C)C. The fraction of sp³-hybridized carbons (Fsp3) is 0.909. The highest BCUT2D eigenvalue weighted by Crippen LogP contribution is 2.38. The van der Waals surface area contributed by atoms with Gasteiger partial charge in [0.2, 0.25) is 0 Å². The van der Waals surface area contributed by atoms with Crippen molar-refractivity contribution in [3.63, 3.8) is 0 Å². The van der Waals surface area contributed by atoms with Crippen molar-refractivity contribution >= 4 is 8.32 Å². The zero-order valence-corrected chi connectivity index (χ0v) is 20.2. The number of hydrogen-bond donors (Lipinski definition) is 0. The summed E-state index contributed by atoms with van der Waals surface area (Å²) >= 11 is 0. The highest BCUT2D eigenvalue weighted by molar-refractivity contribution is 6.74. The first kappa shape index (κ1) is 23.9. The van der Waals surface area contributed by atoms with Crippen LogP contribution in [-0.2, 0) is 13.9 Å². The van der Waals surface area contributed by atoms with E-state index in [0.717, 1.165) is 13.0 Å². The highest BCUT2D eigenvalue weighted by atomic mass is 28.4. The second kappa shape index (κ2) is 8.89. The fourth-order valence-electron chi connectivity index (χ4n) is 2.86. The molecule has 0 saturated carbocycles. The molecule has 0 amide bonds. The number of ether oxygens (including phenoxy) is 2. The molecule has 3 nitrogen and oxygen atoms in total. The molecule has 26 heavy (non-hydrogen) atoms. The van der Waals surface area contributed by atoms with Crippen LogP contribution >= 0.6 is 0 Å². The van der Waals surface area contributed by atoms with E-state index in [1.165, 1.54) is 0 Å². The molecule has 1 aliphatic rings. The van der Waals surface area contributed by atoms with Crippen molar-refractivity contribution in [2.24, 2.45) is 17.8 Å². The lowest BCUT2D eigenvalue weighted by molar-refractivity contribution is -0.149. The van der Waals surface area contributed by atoms with E-state index in [1.54, 1.807) is 0 Å². The number of allylic oxidation sites excluding steroid dienone is 1. The second-order valence-electron chi connectivity index (χ2n) is 10.4. The standard InChI is InChI=1S/C22H44O3Si/c1-16(2)17(3)12-13-18(4)20-19(24-22(8,9)25-20)14-15-23-26(10,11)21(5,6)7/h12-13,16-20H,14-15H2,1-11H3/b13-12-/t17-,18?,19-,20+/m0/s1. The Bertz CT molecular complexity index is 462. The summed E-state index contributed by atoms with van der Waals surface area (Å²) < 4.78 is 18.8. The van der Waals surface area contributed by atoms with Crippen molar-refractivity contribution in [2.45, 2.75) is 105 Å². The van der Waals surface area contributed by atoms with Crippen molar-refractivity contribution in [3.05, 3.63) is 12.2 Å². The third-order valence-electron chi connectivity index (χ3n) is 6.18. The van der Waals surface area contributed by atoms with Crippen molar-refractivity contribution in [1.29, 1.82) is 0 Å². The Labute approximate surface area is 164 Å². The van der Waals surface area contributed by atoms with Crippen LogP contribution in [0.4, 0.5) is 0 Å². The van der Waals surface area contributed by atoms with E-state index in [2.05, 4.69) is 73.7 Å². The Morgan fingerprint density at radius 3 is 2.12 bits per heavy atom. The molecule has 0 N–H and O–H groups in total. The van der Waals surface area contributed by atoms with E-state index in [4.69, 9.17) is 13.9 Å². The lowest BCUT2D eigenvalue weighted by atomic mass is 9.93. The predicted molar refractivity (Wildman–Crippen MR) is 114 cm³/mol. The minimum atomic E-state index is -1.71. The third kappa shape index (κ3) is 6.77. The molecule has 0 aromatic heterocycles. The average molecular weight is 385 g/mol. The Hall–Kier alpha value is -0.163. The van der Waals surface area contributed by atoms with Crippen LogP contribution in [0.15, 0.2) is 12.2 Å². The van der Waals surface area contributed by atoms with Gasteiger partial charge in [-0.25, -0.2) is 0 Å². The first-order valence-corrected chi connectivity index (χ1v) is 13.2. The molecule has 0 aromatic carbocycles. The molecule has 4 heteroatoms. The van der Waals surface area contributed by atoms with Crippen LogP contribution in [0, 0.1) is 17.8 Å². The molecule has 0 aliphatic carbocycles. The zero-order valence-electron chi connectivity index (χ0n) is 19.2. The van der Waals surface area contributed by atoms with Gasteiger partial charge in [-0.1, -0.05) is 60.6 Å². The van der Waals surface area contributed by atoms with E-state index in [9.17, 15) is 0 Å². The summed E-state index contributed by atoms with van der Waals surface area (Å²) in [5, 5.41) is 0.238. The topological polar surface area (TPSA) is 27.7 Å². The van der Waals surface area contributed by atoms with Crippen molar-refractivity contribution in [3.8, 4) is 0 Å². The molecule has 4 atom stereocenters. The molecule has 154 valence electrons. The maximum absolute atomic E-state index is 6.37. The van der Waals surface area contributed by atoms with Gasteiger partial charge in [-0.15, -0.1) is 0 Å². The van der Waals surface area contributed by atoms with Gasteiger partial charge in [-0.05, 0) is 50.2 Å². The van der Waals surface area contributed by atoms with Crippen LogP contribution in [0.25, 0.3) is 0 Å². The molecule has 0 bridgehead atoms. The molecule has 1 rings (SSSR count). The van der Waals surface area contributed by atoms with Crippen LogP contribution in [-0.4, -0.2) is 32.9 Å². The summed E-state index contributed by atoms with van der Waals surface area (Å²) in [6.07, 6.45) is 5.69. The van der Waals surface area contributed by atoms with E-state index in [1.807, 2.05) is 13.8 Å². The van der Waals surface area contributed by atoms with Gasteiger partial charge >= 0.3 is 0 Å². The molecule has 0 aromatic rings. The Balaban J connectivity index is 2.70. The summed E-state index contributed by atoms with van der Waals surface area (Å²) in [6, 6.07) is 0. The first-order chi connectivity index (χ1) is 11.7. The van der Waals surface area contributed by atoms with E-state index >= 15 is 0 Å². The van der Waals surface area contributed by atoms with E-state index < -0.39 is 14.1 Å². The van der Waals surface area contributed by atoms with Crippen LogP contribution in [0.5, 0.6) is 0 Å². The Kier molecular flexibility index (Phi) is 8.17. The molecule has 1 aliphatic heterocycles. The molecular formula is C22H44O3Si. The van der Waals surface area contributed by atoms with Crippen molar-refractivity contribution < 1.29 is 13.9 Å². The smallest absolute Gasteiger partial charge is 0.191 e. The normalized spacial score (nSPS) is 26.6. The largest absolute Gasteiger partial charge is 0.417 e. The lowest BCUT2D eigenvalue weighted by Crippen LogP contribution is -2.41. The monoisotopic (exact) mass is 384 g/mol. The summed E-state index contributed by atoms with van der Waals surface area (Å²) in [4.78, 5) is 0. The molecule has 1 fully saturated rings. The van der Waals surface area contributed by atoms with Crippen LogP contribution in [0.1, 0.15) is 68.7 Å². The molecule has 0 radical (unpaired) electrons. The van der Waals surface area contributed by atoms with Gasteiger partial charge < -0.3 is 13.9 Å². The molecule has 1 unspecified atom stereocenters. The lowest BCUT2D eigenvalue weighted by Gasteiger charge is -2.36. The Morgan fingerprint density at radius 1 is 1.04 bits per heavy atom. The zero-order chi connectivity index (χ0) is 20.3. The van der Waals surface area contributed by atoms with Crippen LogP contribution < -0.4 is 0 Å². The van der Waals surface area contributed by atoms with Gasteiger partial charge in [0, 0.05) is 12.5 Å². The van der Waals surface area contributed by atoms with Gasteiger partial charge in [0.25, 0.3) is 0 Å². The van der Waals surface area contributed by atoms with Crippen LogP contribution in [0.3, 0.4) is 0 Å². The van der Waals surface area contributed by atoms with Gasteiger partial charge in [0.15, 0.2) is 14.1 Å². The van der Waals surface area contributed by atoms with Gasteiger partial charge in [-0.3, -0.25) is 0 Å². The average Bonchev–Trinajstić information content (AvgIpc) is 2.78. The summed E-state index contributed by atoms with van der Waals surface area (Å²) in [5.74, 6) is 1.05. The number of hydrogen-bond acceptors (Lipinski definition) is 3. The van der Waals surface area contributed by atoms with E-state index in [0.29, 0.717) is 17.8 Å². The van der Waals surface area contributed by atoms with Gasteiger partial charge in [-0.2, -0.15) is 0 Å². The molecule has 0 spiro atoms. The number of rotatable bonds is 8. The fourth-order valence-corrected chi connectivity index (χ4v) is 3.92. The van der Waals surface area contributed by atoms with Crippen LogP contribution in [0.2, 0.25) is 18.1 Å². The quantitative estimate of drug-likeness (QED) is 0.358. The second-order valence-corrected chi connectivity index (χ2v) is 15.2. The molecule has 1 saturated heterocycles. The maximum atomic E-state index is 6.37. The van der Waals surface area contributed by atoms with Crippen molar-refractivity contribution in [2.75, 3.05) is 6.61 Å². The summed E-state index contributed by atoms with van der Waals surface area (Å²) in [7, 11) is -1.71.